The molecule has 2 aromatic rings. The first-order valence-electron chi connectivity index (χ1n) is 19.1. The van der Waals surface area contributed by atoms with Crippen LogP contribution in [-0.4, -0.2) is 54.1 Å². The van der Waals surface area contributed by atoms with Gasteiger partial charge in [0.1, 0.15) is 24.3 Å². The van der Waals surface area contributed by atoms with Gasteiger partial charge >= 0.3 is 8.60 Å². The Morgan fingerprint density at radius 1 is 0.981 bits per heavy atom. The SMILES string of the molecule is CCCCCCCCCCCCCCCCCC(COP(O)OCC(C#N)(CCc1ccc2n1NCN=C2N)OC)OCc1cc(Cl)cc(C#N)c1. The van der Waals surface area contributed by atoms with Crippen molar-refractivity contribution >= 4 is 26.0 Å². The highest BCUT2D eigenvalue weighted by Crippen LogP contribution is 2.36. The number of methoxy groups -OCH3 is 1. The lowest BCUT2D eigenvalue weighted by molar-refractivity contribution is -0.0212. The van der Waals surface area contributed by atoms with Gasteiger partial charge in [0, 0.05) is 17.8 Å². The molecule has 0 radical (unpaired) electrons. The molecule has 0 fully saturated rings. The number of fused-ring (bicyclic) bond motifs is 1. The van der Waals surface area contributed by atoms with E-state index in [1.807, 2.05) is 16.8 Å². The number of amidine groups is 1. The van der Waals surface area contributed by atoms with Gasteiger partial charge in [-0.1, -0.05) is 115 Å². The van der Waals surface area contributed by atoms with Crippen molar-refractivity contribution in [3.05, 3.63) is 57.9 Å². The number of aryl methyl sites for hydroxylation is 1. The Balaban J connectivity index is 1.41. The van der Waals surface area contributed by atoms with Gasteiger partial charge in [0.05, 0.1) is 37.6 Å². The minimum Gasteiger partial charge on any atom is -0.382 e. The first-order valence-corrected chi connectivity index (χ1v) is 20.6. The Labute approximate surface area is 317 Å². The lowest BCUT2D eigenvalue weighted by Crippen LogP contribution is -2.36. The third-order valence-electron chi connectivity index (χ3n) is 9.56. The van der Waals surface area contributed by atoms with Crippen molar-refractivity contribution in [3.63, 3.8) is 0 Å². The van der Waals surface area contributed by atoms with E-state index in [-0.39, 0.29) is 25.9 Å². The summed E-state index contributed by atoms with van der Waals surface area (Å²) >= 11 is 6.21. The zero-order valence-electron chi connectivity index (χ0n) is 31.3. The van der Waals surface area contributed by atoms with Gasteiger partial charge < -0.3 is 34.6 Å². The predicted molar refractivity (Wildman–Crippen MR) is 208 cm³/mol. The predicted octanol–water partition coefficient (Wildman–Crippen LogP) is 9.17. The molecule has 2 heterocycles. The highest BCUT2D eigenvalue weighted by Gasteiger charge is 2.33. The Kier molecular flexibility index (Phi) is 21.3. The molecule has 4 N–H and O–H groups in total. The number of ether oxygens (including phenoxy) is 2. The summed E-state index contributed by atoms with van der Waals surface area (Å²) in [5.41, 5.74) is 10.8. The highest BCUT2D eigenvalue weighted by atomic mass is 35.5. The van der Waals surface area contributed by atoms with Crippen LogP contribution in [-0.2, 0) is 31.5 Å². The van der Waals surface area contributed by atoms with E-state index < -0.39 is 14.2 Å². The largest absolute Gasteiger partial charge is 0.382 e. The topological polar surface area (TPSA) is 160 Å². The summed E-state index contributed by atoms with van der Waals surface area (Å²) in [7, 11) is -0.843. The number of nitrogens with zero attached hydrogens (tertiary/aromatic N) is 4. The van der Waals surface area contributed by atoms with Gasteiger partial charge in [-0.15, -0.1) is 0 Å². The number of hydrogen-bond acceptors (Lipinski definition) is 10. The summed E-state index contributed by atoms with van der Waals surface area (Å²) in [5, 5.41) is 19.9. The summed E-state index contributed by atoms with van der Waals surface area (Å²) in [5.74, 6) is 0.455. The molecule has 0 bridgehead atoms. The van der Waals surface area contributed by atoms with Crippen LogP contribution in [0.1, 0.15) is 139 Å². The van der Waals surface area contributed by atoms with Crippen LogP contribution in [0, 0.1) is 22.7 Å². The molecule has 0 amide bonds. The molecule has 0 aliphatic carbocycles. The molecule has 0 saturated heterocycles. The number of unbranched alkanes of at least 4 members (excludes halogenated alkanes) is 14. The van der Waals surface area contributed by atoms with Crippen LogP contribution in [0.15, 0.2) is 35.3 Å². The van der Waals surface area contributed by atoms with Gasteiger partial charge in [0.15, 0.2) is 5.60 Å². The Morgan fingerprint density at radius 3 is 2.25 bits per heavy atom. The molecule has 288 valence electrons. The third kappa shape index (κ3) is 16.1. The zero-order chi connectivity index (χ0) is 37.4. The maximum absolute atomic E-state index is 10.7. The van der Waals surface area contributed by atoms with Gasteiger partial charge in [0.25, 0.3) is 0 Å². The molecule has 3 rings (SSSR count). The molecule has 1 aromatic carbocycles. The fourth-order valence-electron chi connectivity index (χ4n) is 6.34. The highest BCUT2D eigenvalue weighted by molar-refractivity contribution is 7.40. The molecule has 3 atom stereocenters. The first kappa shape index (κ1) is 43.7. The number of hydrogen-bond donors (Lipinski definition) is 3. The van der Waals surface area contributed by atoms with E-state index in [0.29, 0.717) is 35.9 Å². The molecule has 52 heavy (non-hydrogen) atoms. The fraction of sp³-hybridized carbons (Fsp3) is 0.667. The van der Waals surface area contributed by atoms with E-state index in [1.54, 1.807) is 18.2 Å². The second-order valence-electron chi connectivity index (χ2n) is 13.7. The second-order valence-corrected chi connectivity index (χ2v) is 15.1. The van der Waals surface area contributed by atoms with Gasteiger partial charge in [-0.25, -0.2) is 4.99 Å². The maximum atomic E-state index is 10.7. The van der Waals surface area contributed by atoms with E-state index >= 15 is 0 Å². The van der Waals surface area contributed by atoms with E-state index in [2.05, 4.69) is 29.5 Å². The average Bonchev–Trinajstić information content (AvgIpc) is 3.58. The number of halogens is 1. The fourth-order valence-corrected chi connectivity index (χ4v) is 7.29. The number of aromatic nitrogens is 1. The number of benzene rings is 1. The second kappa shape index (κ2) is 25.3. The molecule has 0 spiro atoms. The van der Waals surface area contributed by atoms with Crippen molar-refractivity contribution < 1.29 is 23.4 Å². The van der Waals surface area contributed by atoms with Gasteiger partial charge in [0.2, 0.25) is 0 Å². The van der Waals surface area contributed by atoms with Crippen LogP contribution in [0.3, 0.4) is 0 Å². The smallest absolute Gasteiger partial charge is 0.330 e. The van der Waals surface area contributed by atoms with Crippen LogP contribution in [0.5, 0.6) is 0 Å². The van der Waals surface area contributed by atoms with E-state index in [0.717, 1.165) is 36.2 Å². The van der Waals surface area contributed by atoms with Gasteiger partial charge in [-0.05, 0) is 55.2 Å². The van der Waals surface area contributed by atoms with Crippen LogP contribution in [0.2, 0.25) is 5.02 Å². The lowest BCUT2D eigenvalue weighted by atomic mass is 9.99. The van der Waals surface area contributed by atoms with Crippen molar-refractivity contribution in [1.82, 2.24) is 4.68 Å². The number of nitrogens with two attached hydrogens (primary N) is 1. The summed E-state index contributed by atoms with van der Waals surface area (Å²) in [4.78, 5) is 14.9. The van der Waals surface area contributed by atoms with E-state index in [1.165, 1.54) is 90.6 Å². The molecule has 1 aliphatic rings. The van der Waals surface area contributed by atoms with Crippen molar-refractivity contribution in [2.75, 3.05) is 32.4 Å². The number of nitrogens with one attached hydrogen (secondary N) is 1. The number of aliphatic imine (C=N–C) groups is 1. The normalized spacial score (nSPS) is 14.8. The van der Waals surface area contributed by atoms with Crippen LogP contribution in [0.25, 0.3) is 0 Å². The Morgan fingerprint density at radius 2 is 1.63 bits per heavy atom. The molecule has 3 unspecified atom stereocenters. The number of nitriles is 2. The molecule has 1 aromatic heterocycles. The Hall–Kier alpha value is -2.73. The minimum atomic E-state index is -2.30. The molecule has 1 aliphatic heterocycles. The van der Waals surface area contributed by atoms with Crippen molar-refractivity contribution in [3.8, 4) is 12.1 Å². The van der Waals surface area contributed by atoms with Gasteiger partial charge in [-0.2, -0.15) is 10.5 Å². The van der Waals surface area contributed by atoms with Crippen LogP contribution < -0.4 is 11.2 Å². The molecular weight excluding hydrogens is 699 g/mol. The molecule has 13 heteroatoms. The molecular formula is C39H60ClN6O5P. The quantitative estimate of drug-likeness (QED) is 0.0543. The first-order chi connectivity index (χ1) is 25.3. The zero-order valence-corrected chi connectivity index (χ0v) is 32.9. The van der Waals surface area contributed by atoms with Crippen molar-refractivity contribution in [2.24, 2.45) is 10.7 Å². The summed E-state index contributed by atoms with van der Waals surface area (Å²) in [6.07, 6.45) is 20.6. The summed E-state index contributed by atoms with van der Waals surface area (Å²) in [6, 6.07) is 13.3. The number of rotatable bonds is 29. The maximum Gasteiger partial charge on any atom is 0.330 e. The Bertz CT molecular complexity index is 1430. The minimum absolute atomic E-state index is 0.115. The summed E-state index contributed by atoms with van der Waals surface area (Å²) in [6.45, 7) is 2.83. The van der Waals surface area contributed by atoms with E-state index in [4.69, 9.17) is 35.9 Å². The summed E-state index contributed by atoms with van der Waals surface area (Å²) < 4.78 is 25.1. The molecule has 11 nitrogen and oxygen atoms in total. The monoisotopic (exact) mass is 758 g/mol. The van der Waals surface area contributed by atoms with Crippen LogP contribution in [0.4, 0.5) is 0 Å². The lowest BCUT2D eigenvalue weighted by Gasteiger charge is -2.26. The van der Waals surface area contributed by atoms with Gasteiger partial charge in [-0.3, -0.25) is 4.68 Å². The van der Waals surface area contributed by atoms with Crippen molar-refractivity contribution in [1.29, 1.82) is 10.5 Å². The molecule has 0 saturated carbocycles. The van der Waals surface area contributed by atoms with E-state index in [9.17, 15) is 15.4 Å². The van der Waals surface area contributed by atoms with Crippen molar-refractivity contribution in [2.45, 2.75) is 141 Å². The average molecular weight is 759 g/mol. The van der Waals surface area contributed by atoms with Crippen LogP contribution >= 0.6 is 20.2 Å². The third-order valence-corrected chi connectivity index (χ3v) is 10.5. The standard InChI is InChI=1S/C39H60ClN6O5P/c1-3-4-5-6-7-8-9-10-11-12-13-14-15-16-17-18-36(49-27-33-23-32(26-41)24-34(40)25-33)28-50-52(47)51-30-39(29-42,48-2)22-21-35-19-20-37-38(43)44-31-45-46(35)37/h19-20,23-25,36,45,47H,3-18,21-22,27-28,30-31H2,1-2H3,(H2,43,44).